The number of cyclic esters (lactones) is 1. The molecule has 11 heteroatoms. The van der Waals surface area contributed by atoms with E-state index in [0.29, 0.717) is 23.5 Å². The van der Waals surface area contributed by atoms with Gasteiger partial charge >= 0.3 is 6.09 Å². The van der Waals surface area contributed by atoms with Crippen LogP contribution in [0.2, 0.25) is 0 Å². The predicted octanol–water partition coefficient (Wildman–Crippen LogP) is 5.55. The summed E-state index contributed by atoms with van der Waals surface area (Å²) in [6, 6.07) is 5.87. The van der Waals surface area contributed by atoms with E-state index in [0.717, 1.165) is 0 Å². The SMILES string of the molecule is C[C@H](Nc1nccc(N2C(=O)OC[C@@H]2[C@@H](C)OC(C)(C)C)n1)c1ccc(CN2CCC(F)(F)CC2)c(F)c1. The number of likely N-dealkylation sites (tertiary alicyclic amines) is 1. The molecule has 8 nitrogen and oxygen atoms in total. The van der Waals surface area contributed by atoms with Crippen molar-refractivity contribution in [3.63, 3.8) is 0 Å². The van der Waals surface area contributed by atoms with Gasteiger partial charge in [-0.3, -0.25) is 9.80 Å². The van der Waals surface area contributed by atoms with E-state index in [1.807, 2.05) is 39.5 Å². The van der Waals surface area contributed by atoms with E-state index in [1.165, 1.54) is 11.0 Å². The molecule has 2 saturated heterocycles. The number of nitrogens with one attached hydrogen (secondary N) is 1. The Morgan fingerprint density at radius 3 is 2.58 bits per heavy atom. The van der Waals surface area contributed by atoms with Crippen LogP contribution in [-0.2, 0) is 16.0 Å². The second-order valence-electron chi connectivity index (χ2n) is 11.0. The molecular formula is C27H36F3N5O3. The number of carbonyl (C=O) groups excluding carboxylic acids is 1. The Hall–Kier alpha value is -2.92. The Bertz CT molecular complexity index is 1130. The molecule has 0 radical (unpaired) electrons. The predicted molar refractivity (Wildman–Crippen MR) is 138 cm³/mol. The fourth-order valence-corrected chi connectivity index (χ4v) is 4.75. The van der Waals surface area contributed by atoms with Crippen LogP contribution in [0.5, 0.6) is 0 Å². The van der Waals surface area contributed by atoms with Crippen molar-refractivity contribution in [2.75, 3.05) is 29.9 Å². The van der Waals surface area contributed by atoms with Gasteiger partial charge in [-0.1, -0.05) is 12.1 Å². The molecular weight excluding hydrogens is 499 g/mol. The third-order valence-corrected chi connectivity index (χ3v) is 6.78. The first-order valence-electron chi connectivity index (χ1n) is 12.9. The molecule has 2 aliphatic rings. The van der Waals surface area contributed by atoms with Gasteiger partial charge in [0, 0.05) is 44.2 Å². The summed E-state index contributed by atoms with van der Waals surface area (Å²) in [6.07, 6.45) is 0.332. The highest BCUT2D eigenvalue weighted by molar-refractivity contribution is 5.89. The number of hydrogen-bond donors (Lipinski definition) is 1. The number of rotatable bonds is 8. The number of alkyl halides is 2. The van der Waals surface area contributed by atoms with Crippen LogP contribution in [0.15, 0.2) is 30.5 Å². The Morgan fingerprint density at radius 1 is 1.21 bits per heavy atom. The second kappa shape index (κ2) is 11.1. The molecule has 1 aromatic heterocycles. The number of benzene rings is 1. The number of nitrogens with zero attached hydrogens (tertiary/aromatic N) is 4. The molecule has 0 bridgehead atoms. The van der Waals surface area contributed by atoms with Gasteiger partial charge in [-0.2, -0.15) is 4.98 Å². The number of ether oxygens (including phenoxy) is 2. The normalized spacial score (nSPS) is 21.7. The van der Waals surface area contributed by atoms with Crippen LogP contribution in [0, 0.1) is 5.82 Å². The van der Waals surface area contributed by atoms with E-state index < -0.39 is 23.4 Å². The highest BCUT2D eigenvalue weighted by atomic mass is 19.3. The first kappa shape index (κ1) is 28.1. The van der Waals surface area contributed by atoms with Crippen LogP contribution in [0.4, 0.5) is 29.7 Å². The summed E-state index contributed by atoms with van der Waals surface area (Å²) in [5, 5.41) is 3.16. The Kier molecular flexibility index (Phi) is 8.17. The van der Waals surface area contributed by atoms with Crippen molar-refractivity contribution < 1.29 is 27.4 Å². The summed E-state index contributed by atoms with van der Waals surface area (Å²) in [7, 11) is 0. The summed E-state index contributed by atoms with van der Waals surface area (Å²) in [5.41, 5.74) is 0.753. The third-order valence-electron chi connectivity index (χ3n) is 6.78. The van der Waals surface area contributed by atoms with Gasteiger partial charge in [0.15, 0.2) is 0 Å². The quantitative estimate of drug-likeness (QED) is 0.475. The van der Waals surface area contributed by atoms with Gasteiger partial charge < -0.3 is 14.8 Å². The number of hydrogen-bond acceptors (Lipinski definition) is 7. The summed E-state index contributed by atoms with van der Waals surface area (Å²) < 4.78 is 53.1. The molecule has 0 spiro atoms. The summed E-state index contributed by atoms with van der Waals surface area (Å²) in [6.45, 7) is 10.6. The Morgan fingerprint density at radius 2 is 1.92 bits per heavy atom. The fourth-order valence-electron chi connectivity index (χ4n) is 4.75. The number of aromatic nitrogens is 2. The van der Waals surface area contributed by atoms with Gasteiger partial charge in [-0.15, -0.1) is 0 Å². The molecule has 38 heavy (non-hydrogen) atoms. The standard InChI is InChI=1S/C27H36F3N5O3/c1-17(19-6-7-20(21(28)14-19)15-34-12-9-27(29,30)10-13-34)32-24-31-11-8-23(33-24)35-22(16-37-25(35)36)18(2)38-26(3,4)5/h6-8,11,14,17-18,22H,9-10,12-13,15-16H2,1-5H3,(H,31,32,33)/t17-,18+,22+/m0/s1. The van der Waals surface area contributed by atoms with Crippen LogP contribution < -0.4 is 10.2 Å². The summed E-state index contributed by atoms with van der Waals surface area (Å²) in [4.78, 5) is 24.6. The second-order valence-corrected chi connectivity index (χ2v) is 11.0. The van der Waals surface area contributed by atoms with Crippen molar-refractivity contribution in [1.82, 2.24) is 14.9 Å². The molecule has 0 aliphatic carbocycles. The minimum atomic E-state index is -2.63. The molecule has 3 atom stereocenters. The smallest absolute Gasteiger partial charge is 0.416 e. The Labute approximate surface area is 221 Å². The zero-order valence-corrected chi connectivity index (χ0v) is 22.5. The van der Waals surface area contributed by atoms with Crippen LogP contribution in [0.25, 0.3) is 0 Å². The number of carbonyl (C=O) groups is 1. The van der Waals surface area contributed by atoms with Crippen molar-refractivity contribution in [1.29, 1.82) is 0 Å². The van der Waals surface area contributed by atoms with E-state index in [4.69, 9.17) is 9.47 Å². The molecule has 0 unspecified atom stereocenters. The largest absolute Gasteiger partial charge is 0.447 e. The lowest BCUT2D eigenvalue weighted by atomic mass is 10.0. The lowest BCUT2D eigenvalue weighted by molar-refractivity contribution is -0.0619. The zero-order chi connectivity index (χ0) is 27.7. The van der Waals surface area contributed by atoms with Crippen LogP contribution in [0.1, 0.15) is 64.6 Å². The van der Waals surface area contributed by atoms with Gasteiger partial charge in [0.25, 0.3) is 5.92 Å². The van der Waals surface area contributed by atoms with Crippen LogP contribution in [-0.4, -0.2) is 64.3 Å². The molecule has 2 aromatic rings. The average molecular weight is 536 g/mol. The minimum Gasteiger partial charge on any atom is -0.447 e. The maximum absolute atomic E-state index is 14.9. The van der Waals surface area contributed by atoms with Crippen molar-refractivity contribution in [2.24, 2.45) is 0 Å². The van der Waals surface area contributed by atoms with E-state index in [2.05, 4.69) is 15.3 Å². The van der Waals surface area contributed by atoms with Crippen molar-refractivity contribution in [2.45, 2.75) is 83.7 Å². The molecule has 1 N–H and O–H groups in total. The fraction of sp³-hybridized carbons (Fsp3) is 0.593. The topological polar surface area (TPSA) is 79.8 Å². The van der Waals surface area contributed by atoms with Crippen molar-refractivity contribution in [3.05, 3.63) is 47.4 Å². The lowest BCUT2D eigenvalue weighted by Crippen LogP contribution is -2.45. The molecule has 2 fully saturated rings. The molecule has 208 valence electrons. The van der Waals surface area contributed by atoms with Gasteiger partial charge in [-0.05, 0) is 52.3 Å². The van der Waals surface area contributed by atoms with E-state index in [1.54, 1.807) is 24.4 Å². The highest BCUT2D eigenvalue weighted by Gasteiger charge is 2.40. The summed E-state index contributed by atoms with van der Waals surface area (Å²) >= 11 is 0. The first-order valence-corrected chi connectivity index (χ1v) is 12.9. The first-order chi connectivity index (χ1) is 17.8. The van der Waals surface area contributed by atoms with E-state index >= 15 is 0 Å². The monoisotopic (exact) mass is 535 g/mol. The maximum Gasteiger partial charge on any atom is 0.416 e. The highest BCUT2D eigenvalue weighted by Crippen LogP contribution is 2.30. The third kappa shape index (κ3) is 6.93. The number of anilines is 2. The number of halogens is 3. The van der Waals surface area contributed by atoms with Gasteiger partial charge in [-0.25, -0.2) is 22.9 Å². The zero-order valence-electron chi connectivity index (χ0n) is 22.5. The summed E-state index contributed by atoms with van der Waals surface area (Å²) in [5.74, 6) is -2.37. The van der Waals surface area contributed by atoms with Gasteiger partial charge in [0.2, 0.25) is 5.95 Å². The van der Waals surface area contributed by atoms with E-state index in [9.17, 15) is 18.0 Å². The molecule has 1 aromatic carbocycles. The van der Waals surface area contributed by atoms with E-state index in [-0.39, 0.29) is 56.7 Å². The molecule has 4 rings (SSSR count). The lowest BCUT2D eigenvalue weighted by Gasteiger charge is -2.31. The Balaban J connectivity index is 1.42. The average Bonchev–Trinajstić information content (AvgIpc) is 3.22. The van der Waals surface area contributed by atoms with Gasteiger partial charge in [0.1, 0.15) is 24.3 Å². The van der Waals surface area contributed by atoms with Crippen molar-refractivity contribution >= 4 is 17.9 Å². The van der Waals surface area contributed by atoms with Crippen molar-refractivity contribution in [3.8, 4) is 0 Å². The molecule has 2 aliphatic heterocycles. The number of piperidine rings is 1. The molecule has 0 saturated carbocycles. The maximum atomic E-state index is 14.9. The van der Waals surface area contributed by atoms with Crippen LogP contribution >= 0.6 is 0 Å². The van der Waals surface area contributed by atoms with Gasteiger partial charge in [0.05, 0.1) is 17.7 Å². The number of amides is 1. The minimum absolute atomic E-state index is 0.185. The molecule has 3 heterocycles. The molecule has 1 amide bonds. The van der Waals surface area contributed by atoms with Crippen LogP contribution in [0.3, 0.4) is 0 Å².